The second-order valence-electron chi connectivity index (χ2n) is 7.89. The summed E-state index contributed by atoms with van der Waals surface area (Å²) in [6.45, 7) is 7.59. The third-order valence-corrected chi connectivity index (χ3v) is 8.36. The van der Waals surface area contributed by atoms with Gasteiger partial charge in [-0.05, 0) is 44.4 Å². The van der Waals surface area contributed by atoms with Crippen molar-refractivity contribution in [3.05, 3.63) is 29.5 Å². The van der Waals surface area contributed by atoms with Gasteiger partial charge in [-0.3, -0.25) is 4.72 Å². The molecule has 0 fully saturated rings. The van der Waals surface area contributed by atoms with Gasteiger partial charge in [0.15, 0.2) is 0 Å². The molecule has 2 rings (SSSR count). The molecule has 1 aromatic carbocycles. The number of ether oxygens (including phenoxy) is 1. The highest BCUT2D eigenvalue weighted by atomic mass is 32.2. The highest BCUT2D eigenvalue weighted by Crippen LogP contribution is 2.31. The smallest absolute Gasteiger partial charge is 0.340 e. The van der Waals surface area contributed by atoms with Crippen molar-refractivity contribution in [2.45, 2.75) is 66.2 Å². The molecule has 0 saturated heterocycles. The van der Waals surface area contributed by atoms with E-state index in [1.807, 2.05) is 20.8 Å². The first-order chi connectivity index (χ1) is 15.1. The Kier molecular flexibility index (Phi) is 9.15. The molecule has 1 aromatic heterocycles. The topological polar surface area (TPSA) is 112 Å². The third-order valence-electron chi connectivity index (χ3n) is 5.16. The molecule has 0 spiro atoms. The molecule has 0 atom stereocenters. The molecule has 1 heterocycles. The SMILES string of the molecule is CCCCOC(=O)c1c(C)n(S(=O)(=O)CCCC)c2ccc(NS(=O)(=O)CCCC)cc12. The summed E-state index contributed by atoms with van der Waals surface area (Å²) in [5.74, 6) is -0.681. The highest BCUT2D eigenvalue weighted by Gasteiger charge is 2.27. The van der Waals surface area contributed by atoms with Crippen molar-refractivity contribution in [1.29, 1.82) is 0 Å². The number of anilines is 1. The number of hydrogen-bond acceptors (Lipinski definition) is 6. The van der Waals surface area contributed by atoms with Crippen LogP contribution in [-0.4, -0.2) is 44.9 Å². The summed E-state index contributed by atoms with van der Waals surface area (Å²) in [4.78, 5) is 12.9. The van der Waals surface area contributed by atoms with Crippen molar-refractivity contribution < 1.29 is 26.4 Å². The summed E-state index contributed by atoms with van der Waals surface area (Å²) >= 11 is 0. The first-order valence-electron chi connectivity index (χ1n) is 11.1. The first-order valence-corrected chi connectivity index (χ1v) is 14.4. The maximum absolute atomic E-state index is 13.1. The summed E-state index contributed by atoms with van der Waals surface area (Å²) in [6, 6.07) is 4.56. The van der Waals surface area contributed by atoms with E-state index in [2.05, 4.69) is 4.72 Å². The highest BCUT2D eigenvalue weighted by molar-refractivity contribution is 7.92. The number of carbonyl (C=O) groups excluding carboxylic acids is 1. The number of nitrogens with one attached hydrogen (secondary N) is 1. The Bertz CT molecular complexity index is 1150. The number of rotatable bonds is 13. The van der Waals surface area contributed by atoms with Crippen molar-refractivity contribution >= 4 is 42.6 Å². The lowest BCUT2D eigenvalue weighted by molar-refractivity contribution is 0.0501. The van der Waals surface area contributed by atoms with Crippen LogP contribution in [0.25, 0.3) is 10.9 Å². The molecule has 8 nitrogen and oxygen atoms in total. The number of fused-ring (bicyclic) bond motifs is 1. The van der Waals surface area contributed by atoms with Gasteiger partial charge in [-0.2, -0.15) is 0 Å². The zero-order chi connectivity index (χ0) is 23.9. The quantitative estimate of drug-likeness (QED) is 0.331. The fourth-order valence-electron chi connectivity index (χ4n) is 3.43. The van der Waals surface area contributed by atoms with Crippen LogP contribution in [0.1, 0.15) is 75.3 Å². The Hall–Kier alpha value is -2.07. The standard InChI is InChI=1S/C22H34N2O6S2/c1-5-8-13-30-22(25)21-17(4)24(32(28,29)15-10-7-3)20-12-11-18(16-19(20)21)23-31(26,27)14-9-6-2/h11-12,16,23H,5-10,13-15H2,1-4H3. The van der Waals surface area contributed by atoms with E-state index >= 15 is 0 Å². The number of sulfonamides is 1. The molecular formula is C22H34N2O6S2. The van der Waals surface area contributed by atoms with Gasteiger partial charge in [0.2, 0.25) is 20.0 Å². The van der Waals surface area contributed by atoms with Crippen LogP contribution in [0.15, 0.2) is 18.2 Å². The van der Waals surface area contributed by atoms with E-state index in [0.29, 0.717) is 36.6 Å². The number of nitrogens with zero attached hydrogens (tertiary/aromatic N) is 1. The van der Waals surface area contributed by atoms with Gasteiger partial charge in [0.1, 0.15) is 0 Å². The van der Waals surface area contributed by atoms with Crippen molar-refractivity contribution in [3.8, 4) is 0 Å². The number of hydrogen-bond donors (Lipinski definition) is 1. The van der Waals surface area contributed by atoms with E-state index in [4.69, 9.17) is 4.74 Å². The molecule has 1 N–H and O–H groups in total. The van der Waals surface area contributed by atoms with E-state index in [-0.39, 0.29) is 35.1 Å². The second-order valence-corrected chi connectivity index (χ2v) is 11.7. The predicted octanol–water partition coefficient (Wildman–Crippen LogP) is 4.43. The third kappa shape index (κ3) is 6.25. The zero-order valence-corrected chi connectivity index (χ0v) is 20.9. The normalized spacial score (nSPS) is 12.2. The second kappa shape index (κ2) is 11.2. The average Bonchev–Trinajstić information content (AvgIpc) is 3.02. The summed E-state index contributed by atoms with van der Waals surface area (Å²) < 4.78 is 59.9. The van der Waals surface area contributed by atoms with Crippen molar-refractivity contribution in [2.24, 2.45) is 0 Å². The summed E-state index contributed by atoms with van der Waals surface area (Å²) in [7, 11) is -7.26. The summed E-state index contributed by atoms with van der Waals surface area (Å²) in [5, 5.41) is 0.347. The van der Waals surface area contributed by atoms with Crippen molar-refractivity contribution in [3.63, 3.8) is 0 Å². The van der Waals surface area contributed by atoms with Crippen LogP contribution >= 0.6 is 0 Å². The molecule has 0 aliphatic heterocycles. The maximum atomic E-state index is 13.1. The molecular weight excluding hydrogens is 452 g/mol. The average molecular weight is 487 g/mol. The summed E-state index contributed by atoms with van der Waals surface area (Å²) in [6.07, 6.45) is 4.02. The van der Waals surface area contributed by atoms with E-state index in [1.165, 1.54) is 22.2 Å². The zero-order valence-electron chi connectivity index (χ0n) is 19.3. The Balaban J connectivity index is 2.61. The predicted molar refractivity (Wildman–Crippen MR) is 128 cm³/mol. The van der Waals surface area contributed by atoms with Crippen LogP contribution in [0.4, 0.5) is 5.69 Å². The van der Waals surface area contributed by atoms with Crippen LogP contribution in [0.3, 0.4) is 0 Å². The van der Waals surface area contributed by atoms with Crippen LogP contribution in [0, 0.1) is 6.92 Å². The lowest BCUT2D eigenvalue weighted by Crippen LogP contribution is -2.18. The largest absolute Gasteiger partial charge is 0.462 e. The molecule has 0 amide bonds. The molecule has 2 aromatic rings. The molecule has 0 aliphatic carbocycles. The molecule has 32 heavy (non-hydrogen) atoms. The van der Waals surface area contributed by atoms with Gasteiger partial charge in [0.05, 0.1) is 29.2 Å². The van der Waals surface area contributed by atoms with Crippen LogP contribution < -0.4 is 4.72 Å². The van der Waals surface area contributed by atoms with E-state index in [9.17, 15) is 21.6 Å². The van der Waals surface area contributed by atoms with Crippen LogP contribution in [0.2, 0.25) is 0 Å². The number of benzene rings is 1. The molecule has 0 radical (unpaired) electrons. The number of aromatic nitrogens is 1. The van der Waals surface area contributed by atoms with E-state index in [0.717, 1.165) is 12.8 Å². The monoisotopic (exact) mass is 486 g/mol. The number of carbonyl (C=O) groups is 1. The van der Waals surface area contributed by atoms with Gasteiger partial charge in [0, 0.05) is 16.8 Å². The first kappa shape index (κ1) is 26.2. The van der Waals surface area contributed by atoms with Gasteiger partial charge >= 0.3 is 5.97 Å². The van der Waals surface area contributed by atoms with Gasteiger partial charge in [-0.15, -0.1) is 0 Å². The molecule has 0 saturated carbocycles. The van der Waals surface area contributed by atoms with Crippen molar-refractivity contribution in [2.75, 3.05) is 22.8 Å². The van der Waals surface area contributed by atoms with Crippen LogP contribution in [-0.2, 0) is 24.8 Å². The lowest BCUT2D eigenvalue weighted by Gasteiger charge is -2.10. The minimum atomic E-state index is -3.71. The van der Waals surface area contributed by atoms with Gasteiger partial charge < -0.3 is 4.74 Å². The Morgan fingerprint density at radius 3 is 2.22 bits per heavy atom. The fraction of sp³-hybridized carbons (Fsp3) is 0.591. The van der Waals surface area contributed by atoms with Crippen LogP contribution in [0.5, 0.6) is 0 Å². The lowest BCUT2D eigenvalue weighted by atomic mass is 10.1. The number of esters is 1. The molecule has 0 bridgehead atoms. The van der Waals surface area contributed by atoms with E-state index in [1.54, 1.807) is 6.92 Å². The Labute approximate surface area is 191 Å². The molecule has 180 valence electrons. The molecule has 0 unspecified atom stereocenters. The minimum Gasteiger partial charge on any atom is -0.462 e. The van der Waals surface area contributed by atoms with Gasteiger partial charge in [-0.25, -0.2) is 25.6 Å². The van der Waals surface area contributed by atoms with E-state index < -0.39 is 26.0 Å². The van der Waals surface area contributed by atoms with Gasteiger partial charge in [0.25, 0.3) is 0 Å². The summed E-state index contributed by atoms with van der Waals surface area (Å²) in [5.41, 5.74) is 1.02. The molecule has 0 aliphatic rings. The molecule has 10 heteroatoms. The maximum Gasteiger partial charge on any atom is 0.340 e. The Morgan fingerprint density at radius 2 is 1.59 bits per heavy atom. The minimum absolute atomic E-state index is 0.0150. The fourth-order valence-corrected chi connectivity index (χ4v) is 6.49. The number of unbranched alkanes of at least 4 members (excludes halogenated alkanes) is 3. The van der Waals surface area contributed by atoms with Crippen molar-refractivity contribution in [1.82, 2.24) is 3.97 Å². The van der Waals surface area contributed by atoms with Gasteiger partial charge in [-0.1, -0.05) is 40.0 Å². The Morgan fingerprint density at radius 1 is 0.969 bits per heavy atom.